The third kappa shape index (κ3) is 3.65. The van der Waals surface area contributed by atoms with Gasteiger partial charge in [-0.15, -0.1) is 0 Å². The summed E-state index contributed by atoms with van der Waals surface area (Å²) in [5, 5.41) is 3.23. The Balaban J connectivity index is 2.00. The van der Waals surface area contributed by atoms with E-state index >= 15 is 0 Å². The number of anilines is 2. The first kappa shape index (κ1) is 13.8. The maximum atomic E-state index is 12.0. The van der Waals surface area contributed by atoms with Crippen molar-refractivity contribution in [3.05, 3.63) is 35.7 Å². The highest BCUT2D eigenvalue weighted by atomic mass is 35.5. The summed E-state index contributed by atoms with van der Waals surface area (Å²) in [5.74, 6) is -0.185. The SMILES string of the molecule is CC(Sc1ncco1)C(=O)Nc1ccc(N)cc1Cl. The third-order valence-corrected chi connectivity index (χ3v) is 3.59. The number of nitrogens with zero attached hydrogens (tertiary/aromatic N) is 1. The van der Waals surface area contributed by atoms with Crippen molar-refractivity contribution < 1.29 is 9.21 Å². The number of rotatable bonds is 4. The fraction of sp³-hybridized carbons (Fsp3) is 0.167. The average molecular weight is 298 g/mol. The molecule has 3 N–H and O–H groups in total. The van der Waals surface area contributed by atoms with Crippen LogP contribution in [-0.2, 0) is 4.79 Å². The van der Waals surface area contributed by atoms with Crippen molar-refractivity contribution in [2.24, 2.45) is 0 Å². The lowest BCUT2D eigenvalue weighted by Crippen LogP contribution is -2.22. The number of benzene rings is 1. The first-order valence-corrected chi connectivity index (χ1v) is 6.74. The summed E-state index contributed by atoms with van der Waals surface area (Å²) in [5.41, 5.74) is 6.66. The Bertz CT molecular complexity index is 574. The second kappa shape index (κ2) is 5.99. The Hall–Kier alpha value is -1.66. The number of nitrogen functional groups attached to an aromatic ring is 1. The molecule has 1 aromatic carbocycles. The highest BCUT2D eigenvalue weighted by Gasteiger charge is 2.17. The van der Waals surface area contributed by atoms with Gasteiger partial charge >= 0.3 is 0 Å². The van der Waals surface area contributed by atoms with E-state index in [0.717, 1.165) is 0 Å². The Morgan fingerprint density at radius 1 is 1.58 bits per heavy atom. The highest BCUT2D eigenvalue weighted by molar-refractivity contribution is 8.00. The zero-order valence-electron chi connectivity index (χ0n) is 10.1. The molecule has 0 bridgehead atoms. The van der Waals surface area contributed by atoms with Gasteiger partial charge in [-0.3, -0.25) is 4.79 Å². The van der Waals surface area contributed by atoms with Gasteiger partial charge in [-0.2, -0.15) is 0 Å². The normalized spacial score (nSPS) is 12.1. The maximum Gasteiger partial charge on any atom is 0.256 e. The minimum Gasteiger partial charge on any atom is -0.440 e. The van der Waals surface area contributed by atoms with Crippen LogP contribution in [0.5, 0.6) is 0 Å². The van der Waals surface area contributed by atoms with Crippen LogP contribution >= 0.6 is 23.4 Å². The number of oxazole rings is 1. The lowest BCUT2D eigenvalue weighted by atomic mass is 10.2. The molecule has 19 heavy (non-hydrogen) atoms. The van der Waals surface area contributed by atoms with E-state index in [0.29, 0.717) is 21.6 Å². The molecule has 0 spiro atoms. The van der Waals surface area contributed by atoms with Gasteiger partial charge in [0.05, 0.1) is 22.2 Å². The second-order valence-corrected chi connectivity index (χ2v) is 5.49. The monoisotopic (exact) mass is 297 g/mol. The van der Waals surface area contributed by atoms with E-state index in [2.05, 4.69) is 10.3 Å². The number of halogens is 1. The van der Waals surface area contributed by atoms with Crippen LogP contribution in [0.15, 0.2) is 40.3 Å². The Morgan fingerprint density at radius 2 is 2.37 bits per heavy atom. The standard InChI is InChI=1S/C12H12ClN3O2S/c1-7(19-12-15-4-5-18-12)11(17)16-10-3-2-8(14)6-9(10)13/h2-7H,14H2,1H3,(H,16,17). The molecular weight excluding hydrogens is 286 g/mol. The molecule has 1 heterocycles. The van der Waals surface area contributed by atoms with Gasteiger partial charge in [0.1, 0.15) is 6.26 Å². The first-order valence-electron chi connectivity index (χ1n) is 5.48. The van der Waals surface area contributed by atoms with Crippen molar-refractivity contribution in [1.82, 2.24) is 4.98 Å². The molecule has 0 radical (unpaired) electrons. The van der Waals surface area contributed by atoms with E-state index in [4.69, 9.17) is 21.8 Å². The number of thioether (sulfide) groups is 1. The summed E-state index contributed by atoms with van der Waals surface area (Å²) in [6.45, 7) is 1.76. The fourth-order valence-corrected chi connectivity index (χ4v) is 2.28. The predicted molar refractivity (Wildman–Crippen MR) is 76.3 cm³/mol. The van der Waals surface area contributed by atoms with Crippen molar-refractivity contribution in [2.45, 2.75) is 17.4 Å². The van der Waals surface area contributed by atoms with Crippen LogP contribution in [0.2, 0.25) is 5.02 Å². The van der Waals surface area contributed by atoms with Crippen LogP contribution < -0.4 is 11.1 Å². The summed E-state index contributed by atoms with van der Waals surface area (Å²) in [7, 11) is 0. The number of hydrogen-bond donors (Lipinski definition) is 2. The largest absolute Gasteiger partial charge is 0.440 e. The molecule has 0 saturated carbocycles. The Labute approximate surface area is 119 Å². The van der Waals surface area contributed by atoms with Gasteiger partial charge in [0.15, 0.2) is 0 Å². The molecule has 1 unspecified atom stereocenters. The summed E-state index contributed by atoms with van der Waals surface area (Å²) in [4.78, 5) is 15.9. The number of amides is 1. The molecule has 100 valence electrons. The van der Waals surface area contributed by atoms with E-state index < -0.39 is 0 Å². The lowest BCUT2D eigenvalue weighted by Gasteiger charge is -2.11. The zero-order chi connectivity index (χ0) is 13.8. The van der Waals surface area contributed by atoms with Gasteiger partial charge in [0.25, 0.3) is 5.22 Å². The van der Waals surface area contributed by atoms with Crippen molar-refractivity contribution in [3.63, 3.8) is 0 Å². The molecule has 1 amide bonds. The van der Waals surface area contributed by atoms with Gasteiger partial charge in [-0.05, 0) is 25.1 Å². The number of nitrogens with two attached hydrogens (primary N) is 1. The van der Waals surface area contributed by atoms with Crippen molar-refractivity contribution in [3.8, 4) is 0 Å². The molecule has 1 aromatic heterocycles. The second-order valence-electron chi connectivity index (χ2n) is 3.79. The maximum absolute atomic E-state index is 12.0. The number of hydrogen-bond acceptors (Lipinski definition) is 5. The van der Waals surface area contributed by atoms with Crippen LogP contribution in [0.4, 0.5) is 11.4 Å². The summed E-state index contributed by atoms with van der Waals surface area (Å²) in [6.07, 6.45) is 2.99. The highest BCUT2D eigenvalue weighted by Crippen LogP contribution is 2.26. The molecule has 1 atom stereocenters. The fourth-order valence-electron chi connectivity index (χ4n) is 1.34. The molecule has 7 heteroatoms. The Morgan fingerprint density at radius 3 is 3.00 bits per heavy atom. The summed E-state index contributed by atoms with van der Waals surface area (Å²) >= 11 is 7.22. The minimum absolute atomic E-state index is 0.185. The zero-order valence-corrected chi connectivity index (χ0v) is 11.7. The van der Waals surface area contributed by atoms with E-state index in [1.54, 1.807) is 25.1 Å². The van der Waals surface area contributed by atoms with E-state index in [-0.39, 0.29) is 11.2 Å². The van der Waals surface area contributed by atoms with Gasteiger partial charge in [0.2, 0.25) is 5.91 Å². The molecular formula is C12H12ClN3O2S. The topological polar surface area (TPSA) is 81.2 Å². The number of carbonyl (C=O) groups is 1. The van der Waals surface area contributed by atoms with E-state index in [1.165, 1.54) is 24.2 Å². The van der Waals surface area contributed by atoms with Crippen LogP contribution in [0.1, 0.15) is 6.92 Å². The number of aromatic nitrogens is 1. The van der Waals surface area contributed by atoms with Crippen molar-refractivity contribution in [1.29, 1.82) is 0 Å². The first-order chi connectivity index (χ1) is 9.06. The van der Waals surface area contributed by atoms with Gasteiger partial charge < -0.3 is 15.5 Å². The van der Waals surface area contributed by atoms with E-state index in [9.17, 15) is 4.79 Å². The predicted octanol–water partition coefficient (Wildman–Crippen LogP) is 3.03. The van der Waals surface area contributed by atoms with Crippen LogP contribution in [0, 0.1) is 0 Å². The van der Waals surface area contributed by atoms with Crippen LogP contribution in [0.25, 0.3) is 0 Å². The molecule has 2 aromatic rings. The molecule has 2 rings (SSSR count). The smallest absolute Gasteiger partial charge is 0.256 e. The van der Waals surface area contributed by atoms with Gasteiger partial charge in [-0.1, -0.05) is 23.4 Å². The lowest BCUT2D eigenvalue weighted by molar-refractivity contribution is -0.115. The summed E-state index contributed by atoms with van der Waals surface area (Å²) in [6, 6.07) is 4.93. The Kier molecular flexibility index (Phi) is 4.34. The van der Waals surface area contributed by atoms with Crippen molar-refractivity contribution >= 4 is 40.6 Å². The minimum atomic E-state index is -0.354. The third-order valence-electron chi connectivity index (χ3n) is 2.31. The molecule has 5 nitrogen and oxygen atoms in total. The average Bonchev–Trinajstić information content (AvgIpc) is 2.85. The molecule has 0 saturated heterocycles. The quantitative estimate of drug-likeness (QED) is 0.669. The molecule has 0 aliphatic carbocycles. The molecule has 0 fully saturated rings. The molecule has 0 aliphatic heterocycles. The van der Waals surface area contributed by atoms with Gasteiger partial charge in [-0.25, -0.2) is 4.98 Å². The van der Waals surface area contributed by atoms with Crippen LogP contribution in [-0.4, -0.2) is 16.1 Å². The van der Waals surface area contributed by atoms with E-state index in [1.807, 2.05) is 0 Å². The van der Waals surface area contributed by atoms with Gasteiger partial charge in [0, 0.05) is 5.69 Å². The van der Waals surface area contributed by atoms with Crippen LogP contribution in [0.3, 0.4) is 0 Å². The number of carbonyl (C=O) groups excluding carboxylic acids is 1. The summed E-state index contributed by atoms with van der Waals surface area (Å²) < 4.78 is 5.07. The molecule has 0 aliphatic rings. The number of nitrogens with one attached hydrogen (secondary N) is 1. The van der Waals surface area contributed by atoms with Crippen molar-refractivity contribution in [2.75, 3.05) is 11.1 Å².